The Morgan fingerprint density at radius 3 is 2.59 bits per heavy atom. The highest BCUT2D eigenvalue weighted by Gasteiger charge is 2.19. The first-order chi connectivity index (χ1) is 19.8. The molecule has 0 aromatic heterocycles. The summed E-state index contributed by atoms with van der Waals surface area (Å²) in [6.45, 7) is 14.2. The van der Waals surface area contributed by atoms with Crippen LogP contribution < -0.4 is 9.64 Å². The lowest BCUT2D eigenvalue weighted by Gasteiger charge is -2.36. The molecule has 0 aliphatic carbocycles. The van der Waals surface area contributed by atoms with E-state index in [1.54, 1.807) is 0 Å². The third-order valence-electron chi connectivity index (χ3n) is 7.94. The maximum atomic E-state index is 11.8. The minimum Gasteiger partial charge on any atom is -0.494 e. The summed E-state index contributed by atoms with van der Waals surface area (Å²) >= 11 is 6.53. The van der Waals surface area contributed by atoms with Gasteiger partial charge in [0.05, 0.1) is 29.6 Å². The molecule has 0 radical (unpaired) electrons. The summed E-state index contributed by atoms with van der Waals surface area (Å²) in [6, 6.07) is 12.3. The molecule has 1 atom stereocenters. The summed E-state index contributed by atoms with van der Waals surface area (Å²) in [5, 5.41) is 0.868. The molecule has 1 unspecified atom stereocenters. The Bertz CT molecular complexity index is 1180. The van der Waals surface area contributed by atoms with Crippen molar-refractivity contribution in [1.29, 1.82) is 0 Å². The van der Waals surface area contributed by atoms with Crippen molar-refractivity contribution < 1.29 is 23.7 Å². The number of carbonyl (C=O) groups excluding carboxylic acids is 1. The molecule has 9 heteroatoms. The maximum absolute atomic E-state index is 11.8. The normalized spacial score (nSPS) is 16.1. The van der Waals surface area contributed by atoms with Crippen molar-refractivity contribution in [3.8, 4) is 5.75 Å². The fourth-order valence-corrected chi connectivity index (χ4v) is 5.03. The predicted octanol–water partition coefficient (Wildman–Crippen LogP) is 7.03. The van der Waals surface area contributed by atoms with Crippen LogP contribution in [-0.4, -0.2) is 69.7 Å². The van der Waals surface area contributed by atoms with E-state index in [4.69, 9.17) is 30.5 Å². The molecular weight excluding hydrogens is 542 g/mol. The first-order valence-corrected chi connectivity index (χ1v) is 15.2. The van der Waals surface area contributed by atoms with Crippen LogP contribution >= 0.6 is 11.6 Å². The number of halogens is 1. The zero-order valence-corrected chi connectivity index (χ0v) is 25.6. The number of hydrogen-bond acceptors (Lipinski definition) is 8. The number of benzene rings is 2. The number of carbonyl (C=O) groups is 1. The number of ether oxygens (including phenoxy) is 4. The Morgan fingerprint density at radius 2 is 1.80 bits per heavy atom. The van der Waals surface area contributed by atoms with Crippen LogP contribution in [0.4, 0.5) is 16.2 Å². The van der Waals surface area contributed by atoms with Gasteiger partial charge in [0.1, 0.15) is 5.75 Å². The molecule has 0 spiro atoms. The second kappa shape index (κ2) is 15.3. The van der Waals surface area contributed by atoms with Gasteiger partial charge in [-0.05, 0) is 67.8 Å². The first-order valence-electron chi connectivity index (χ1n) is 14.8. The topological polar surface area (TPSA) is 72.8 Å². The molecule has 2 aromatic rings. The van der Waals surface area contributed by atoms with Crippen molar-refractivity contribution in [2.45, 2.75) is 53.4 Å². The molecule has 0 saturated carbocycles. The fraction of sp³-hybridized carbons (Fsp3) is 0.562. The number of rotatable bonds is 12. The van der Waals surface area contributed by atoms with E-state index in [1.807, 2.05) is 19.1 Å². The zero-order chi connectivity index (χ0) is 29.2. The summed E-state index contributed by atoms with van der Waals surface area (Å²) in [7, 11) is 0. The molecule has 4 rings (SSSR count). The smallest absolute Gasteiger partial charge is 0.494 e. The van der Waals surface area contributed by atoms with Crippen LogP contribution in [-0.2, 0) is 20.6 Å². The molecular formula is C32H44ClN3O5. The summed E-state index contributed by atoms with van der Waals surface area (Å²) in [5.41, 5.74) is 4.26. The Kier molecular flexibility index (Phi) is 11.6. The lowest BCUT2D eigenvalue weighted by Crippen LogP contribution is -2.46. The van der Waals surface area contributed by atoms with Gasteiger partial charge in [-0.2, -0.15) is 0 Å². The van der Waals surface area contributed by atoms with Gasteiger partial charge in [-0.25, -0.2) is 9.79 Å². The Hall–Kier alpha value is -2.97. The summed E-state index contributed by atoms with van der Waals surface area (Å²) < 4.78 is 21.8. The van der Waals surface area contributed by atoms with Gasteiger partial charge in [-0.1, -0.05) is 50.6 Å². The Labute approximate surface area is 249 Å². The van der Waals surface area contributed by atoms with Crippen molar-refractivity contribution >= 4 is 35.0 Å². The SMILES string of the molecule is Cc1cccc(N2CCN(CCCCOc3ccc4c(c3)N=C(OCOC(=O)OCC(C)C(C)C)CC4)CC2)c1Cl. The highest BCUT2D eigenvalue weighted by atomic mass is 35.5. The van der Waals surface area contributed by atoms with Crippen molar-refractivity contribution in [1.82, 2.24) is 4.90 Å². The van der Waals surface area contributed by atoms with Gasteiger partial charge in [-0.3, -0.25) is 4.90 Å². The molecule has 2 heterocycles. The molecule has 1 saturated heterocycles. The van der Waals surface area contributed by atoms with Gasteiger partial charge in [0.25, 0.3) is 0 Å². The number of anilines is 1. The standard InChI is InChI=1S/C32H44ClN3O5/c1-23(2)25(4)21-39-32(37)41-22-40-30-13-11-26-10-12-27(20-28(26)34-30)38-19-6-5-14-35-15-17-36(18-16-35)29-9-7-8-24(3)31(29)33/h7-10,12,20,23,25H,5-6,11,13-19,21-22H2,1-4H3. The van der Waals surface area contributed by atoms with E-state index in [0.717, 1.165) is 85.3 Å². The third kappa shape index (κ3) is 9.27. The molecule has 1 fully saturated rings. The quantitative estimate of drug-likeness (QED) is 0.150. The van der Waals surface area contributed by atoms with Crippen LogP contribution in [0.15, 0.2) is 41.4 Å². The Morgan fingerprint density at radius 1 is 1.00 bits per heavy atom. The minimum absolute atomic E-state index is 0.214. The molecule has 224 valence electrons. The van der Waals surface area contributed by atoms with Crippen LogP contribution in [0.3, 0.4) is 0 Å². The number of aliphatic imine (C=N–C) groups is 1. The lowest BCUT2D eigenvalue weighted by molar-refractivity contribution is -0.00814. The van der Waals surface area contributed by atoms with Crippen molar-refractivity contribution in [3.63, 3.8) is 0 Å². The van der Waals surface area contributed by atoms with E-state index in [2.05, 4.69) is 59.8 Å². The molecule has 2 aliphatic rings. The first kappa shape index (κ1) is 31.0. The van der Waals surface area contributed by atoms with Crippen LogP contribution in [0, 0.1) is 18.8 Å². The van der Waals surface area contributed by atoms with Gasteiger partial charge < -0.3 is 23.8 Å². The number of aryl methyl sites for hydroxylation is 2. The number of fused-ring (bicyclic) bond motifs is 1. The number of hydrogen-bond donors (Lipinski definition) is 0. The fourth-order valence-electron chi connectivity index (χ4n) is 4.78. The zero-order valence-electron chi connectivity index (χ0n) is 24.9. The second-order valence-corrected chi connectivity index (χ2v) is 11.7. The molecule has 0 bridgehead atoms. The summed E-state index contributed by atoms with van der Waals surface area (Å²) in [4.78, 5) is 21.3. The molecule has 0 N–H and O–H groups in total. The summed E-state index contributed by atoms with van der Waals surface area (Å²) in [6.07, 6.45) is 2.82. The number of unbranched alkanes of at least 4 members (excludes halogenated alkanes) is 1. The van der Waals surface area contributed by atoms with Crippen LogP contribution in [0.25, 0.3) is 0 Å². The summed E-state index contributed by atoms with van der Waals surface area (Å²) in [5.74, 6) is 2.05. The van der Waals surface area contributed by atoms with Gasteiger partial charge in [-0.15, -0.1) is 0 Å². The monoisotopic (exact) mass is 585 g/mol. The predicted molar refractivity (Wildman–Crippen MR) is 164 cm³/mol. The maximum Gasteiger partial charge on any atom is 0.511 e. The average Bonchev–Trinajstić information content (AvgIpc) is 2.97. The third-order valence-corrected chi connectivity index (χ3v) is 8.43. The van der Waals surface area contributed by atoms with E-state index in [1.165, 1.54) is 0 Å². The van der Waals surface area contributed by atoms with Gasteiger partial charge in [0.15, 0.2) is 5.90 Å². The van der Waals surface area contributed by atoms with Crippen molar-refractivity contribution in [3.05, 3.63) is 52.5 Å². The van der Waals surface area contributed by atoms with E-state index < -0.39 is 6.16 Å². The van der Waals surface area contributed by atoms with Crippen molar-refractivity contribution in [2.75, 3.05) is 57.6 Å². The highest BCUT2D eigenvalue weighted by molar-refractivity contribution is 6.34. The van der Waals surface area contributed by atoms with Gasteiger partial charge in [0, 0.05) is 38.7 Å². The van der Waals surface area contributed by atoms with E-state index >= 15 is 0 Å². The van der Waals surface area contributed by atoms with Crippen molar-refractivity contribution in [2.24, 2.45) is 16.8 Å². The molecule has 2 aliphatic heterocycles. The minimum atomic E-state index is -0.723. The van der Waals surface area contributed by atoms with Crippen LogP contribution in [0.1, 0.15) is 51.2 Å². The molecule has 8 nitrogen and oxygen atoms in total. The highest BCUT2D eigenvalue weighted by Crippen LogP contribution is 2.31. The second-order valence-electron chi connectivity index (χ2n) is 11.3. The molecule has 41 heavy (non-hydrogen) atoms. The molecule has 0 amide bonds. The average molecular weight is 586 g/mol. The van der Waals surface area contributed by atoms with Gasteiger partial charge in [0.2, 0.25) is 6.79 Å². The largest absolute Gasteiger partial charge is 0.511 e. The number of piperazine rings is 1. The van der Waals surface area contributed by atoms with E-state index in [-0.39, 0.29) is 12.7 Å². The Balaban J connectivity index is 1.13. The van der Waals surface area contributed by atoms with E-state index in [9.17, 15) is 4.79 Å². The number of nitrogens with zero attached hydrogens (tertiary/aromatic N) is 3. The van der Waals surface area contributed by atoms with E-state index in [0.29, 0.717) is 31.5 Å². The van der Waals surface area contributed by atoms with Crippen LogP contribution in [0.5, 0.6) is 5.75 Å². The van der Waals surface area contributed by atoms with Gasteiger partial charge >= 0.3 is 6.16 Å². The lowest BCUT2D eigenvalue weighted by atomic mass is 10.00. The molecule has 2 aromatic carbocycles. The van der Waals surface area contributed by atoms with Crippen LogP contribution in [0.2, 0.25) is 5.02 Å².